The Hall–Kier alpha value is -2.43. The van der Waals surface area contributed by atoms with E-state index >= 15 is 0 Å². The first-order valence-electron chi connectivity index (χ1n) is 8.96. The van der Waals surface area contributed by atoms with Gasteiger partial charge in [-0.05, 0) is 49.8 Å². The minimum Gasteiger partial charge on any atom is -0.350 e. The Morgan fingerprint density at radius 1 is 1.20 bits per heavy atom. The Bertz CT molecular complexity index is 751. The van der Waals surface area contributed by atoms with E-state index in [0.29, 0.717) is 24.1 Å². The SMILES string of the molecule is Cc1cc(C(=O)N2CCC(C)CC2)nc(NCc2ccccc2C)n1. The van der Waals surface area contributed by atoms with Crippen LogP contribution in [0.4, 0.5) is 5.95 Å². The molecule has 0 aliphatic carbocycles. The van der Waals surface area contributed by atoms with Gasteiger partial charge in [0.05, 0.1) is 0 Å². The van der Waals surface area contributed by atoms with Gasteiger partial charge in [0.1, 0.15) is 5.69 Å². The number of nitrogens with zero attached hydrogens (tertiary/aromatic N) is 3. The Labute approximate surface area is 149 Å². The lowest BCUT2D eigenvalue weighted by molar-refractivity contribution is 0.0691. The van der Waals surface area contributed by atoms with Crippen molar-refractivity contribution in [2.75, 3.05) is 18.4 Å². The highest BCUT2D eigenvalue weighted by Gasteiger charge is 2.23. The zero-order chi connectivity index (χ0) is 17.8. The van der Waals surface area contributed by atoms with Gasteiger partial charge in [0.2, 0.25) is 5.95 Å². The molecule has 0 unspecified atom stereocenters. The van der Waals surface area contributed by atoms with Crippen molar-refractivity contribution >= 4 is 11.9 Å². The van der Waals surface area contributed by atoms with Crippen molar-refractivity contribution in [3.05, 3.63) is 52.8 Å². The van der Waals surface area contributed by atoms with Crippen LogP contribution in [0.2, 0.25) is 0 Å². The van der Waals surface area contributed by atoms with Crippen LogP contribution in [0.25, 0.3) is 0 Å². The van der Waals surface area contributed by atoms with Gasteiger partial charge in [-0.15, -0.1) is 0 Å². The molecule has 2 aromatic rings. The van der Waals surface area contributed by atoms with Crippen LogP contribution in [0.1, 0.15) is 47.1 Å². The molecule has 132 valence electrons. The molecule has 0 radical (unpaired) electrons. The molecule has 5 heteroatoms. The molecule has 0 bridgehead atoms. The highest BCUT2D eigenvalue weighted by Crippen LogP contribution is 2.18. The Kier molecular flexibility index (Phi) is 5.31. The molecule has 1 aliphatic rings. The Balaban J connectivity index is 1.72. The van der Waals surface area contributed by atoms with E-state index in [0.717, 1.165) is 31.6 Å². The summed E-state index contributed by atoms with van der Waals surface area (Å²) in [4.78, 5) is 23.5. The molecule has 2 heterocycles. The van der Waals surface area contributed by atoms with Crippen molar-refractivity contribution in [1.29, 1.82) is 0 Å². The third-order valence-corrected chi connectivity index (χ3v) is 4.84. The molecule has 1 fully saturated rings. The average Bonchev–Trinajstić information content (AvgIpc) is 2.60. The summed E-state index contributed by atoms with van der Waals surface area (Å²) in [6, 6.07) is 9.99. The van der Waals surface area contributed by atoms with E-state index in [1.807, 2.05) is 24.0 Å². The summed E-state index contributed by atoms with van der Waals surface area (Å²) in [5.74, 6) is 1.22. The standard InChI is InChI=1S/C20H26N4O/c1-14-8-10-24(11-9-14)19(25)18-12-16(3)22-20(23-18)21-13-17-7-5-4-6-15(17)2/h4-7,12,14H,8-11,13H2,1-3H3,(H,21,22,23). The minimum atomic E-state index is 0.0105. The van der Waals surface area contributed by atoms with Crippen LogP contribution in [-0.4, -0.2) is 33.9 Å². The van der Waals surface area contributed by atoms with Crippen molar-refractivity contribution < 1.29 is 4.79 Å². The van der Waals surface area contributed by atoms with Crippen LogP contribution in [-0.2, 0) is 6.54 Å². The summed E-state index contributed by atoms with van der Waals surface area (Å²) in [6.07, 6.45) is 2.13. The smallest absolute Gasteiger partial charge is 0.272 e. The Morgan fingerprint density at radius 2 is 1.92 bits per heavy atom. The van der Waals surface area contributed by atoms with Gasteiger partial charge in [0.15, 0.2) is 0 Å². The molecule has 1 aromatic carbocycles. The normalized spacial score (nSPS) is 15.2. The zero-order valence-electron chi connectivity index (χ0n) is 15.2. The molecule has 25 heavy (non-hydrogen) atoms. The molecule has 3 rings (SSSR count). The molecule has 1 aromatic heterocycles. The predicted molar refractivity (Wildman–Crippen MR) is 99.6 cm³/mol. The summed E-state index contributed by atoms with van der Waals surface area (Å²) < 4.78 is 0. The van der Waals surface area contributed by atoms with Crippen LogP contribution < -0.4 is 5.32 Å². The number of hydrogen-bond acceptors (Lipinski definition) is 4. The first kappa shape index (κ1) is 17.4. The third kappa shape index (κ3) is 4.35. The number of anilines is 1. The molecular formula is C20H26N4O. The van der Waals surface area contributed by atoms with Gasteiger partial charge in [-0.1, -0.05) is 31.2 Å². The van der Waals surface area contributed by atoms with E-state index in [1.165, 1.54) is 11.1 Å². The van der Waals surface area contributed by atoms with Gasteiger partial charge in [-0.2, -0.15) is 0 Å². The lowest BCUT2D eigenvalue weighted by atomic mass is 9.99. The molecule has 1 amide bonds. The summed E-state index contributed by atoms with van der Waals surface area (Å²) in [5, 5.41) is 3.25. The molecular weight excluding hydrogens is 312 g/mol. The predicted octanol–water partition coefficient (Wildman–Crippen LogP) is 3.58. The topological polar surface area (TPSA) is 58.1 Å². The summed E-state index contributed by atoms with van der Waals surface area (Å²) in [6.45, 7) is 8.50. The maximum Gasteiger partial charge on any atom is 0.272 e. The molecule has 1 aliphatic heterocycles. The van der Waals surface area contributed by atoms with Gasteiger partial charge in [0, 0.05) is 25.3 Å². The van der Waals surface area contributed by atoms with Gasteiger partial charge in [-0.25, -0.2) is 9.97 Å². The highest BCUT2D eigenvalue weighted by atomic mass is 16.2. The highest BCUT2D eigenvalue weighted by molar-refractivity contribution is 5.92. The number of aromatic nitrogens is 2. The second-order valence-electron chi connectivity index (χ2n) is 6.97. The fraction of sp³-hybridized carbons (Fsp3) is 0.450. The van der Waals surface area contributed by atoms with E-state index < -0.39 is 0 Å². The zero-order valence-corrected chi connectivity index (χ0v) is 15.2. The van der Waals surface area contributed by atoms with Crippen LogP contribution in [0, 0.1) is 19.8 Å². The second kappa shape index (κ2) is 7.64. The van der Waals surface area contributed by atoms with E-state index in [1.54, 1.807) is 6.07 Å². The number of likely N-dealkylation sites (tertiary alicyclic amines) is 1. The first-order valence-corrected chi connectivity index (χ1v) is 8.96. The fourth-order valence-electron chi connectivity index (χ4n) is 3.11. The first-order chi connectivity index (χ1) is 12.0. The van der Waals surface area contributed by atoms with Gasteiger partial charge in [-0.3, -0.25) is 4.79 Å². The molecule has 5 nitrogen and oxygen atoms in total. The van der Waals surface area contributed by atoms with E-state index in [9.17, 15) is 4.79 Å². The molecule has 0 atom stereocenters. The number of hydrogen-bond donors (Lipinski definition) is 1. The quantitative estimate of drug-likeness (QED) is 0.926. The van der Waals surface area contributed by atoms with Gasteiger partial charge >= 0.3 is 0 Å². The van der Waals surface area contributed by atoms with Crippen molar-refractivity contribution in [1.82, 2.24) is 14.9 Å². The summed E-state index contributed by atoms with van der Waals surface area (Å²) >= 11 is 0. The number of amides is 1. The monoisotopic (exact) mass is 338 g/mol. The number of aryl methyl sites for hydroxylation is 2. The number of nitrogens with one attached hydrogen (secondary N) is 1. The van der Waals surface area contributed by atoms with E-state index in [-0.39, 0.29) is 5.91 Å². The molecule has 1 N–H and O–H groups in total. The molecule has 1 saturated heterocycles. The van der Waals surface area contributed by atoms with E-state index in [4.69, 9.17) is 0 Å². The Morgan fingerprint density at radius 3 is 2.64 bits per heavy atom. The maximum absolute atomic E-state index is 12.7. The fourth-order valence-corrected chi connectivity index (χ4v) is 3.11. The summed E-state index contributed by atoms with van der Waals surface area (Å²) in [7, 11) is 0. The maximum atomic E-state index is 12.7. The van der Waals surface area contributed by atoms with Gasteiger partial charge in [0.25, 0.3) is 5.91 Å². The number of benzene rings is 1. The molecule has 0 spiro atoms. The third-order valence-electron chi connectivity index (χ3n) is 4.84. The largest absolute Gasteiger partial charge is 0.350 e. The lowest BCUT2D eigenvalue weighted by Gasteiger charge is -2.30. The van der Waals surface area contributed by atoms with Crippen LogP contribution in [0.5, 0.6) is 0 Å². The van der Waals surface area contributed by atoms with Crippen molar-refractivity contribution in [3.63, 3.8) is 0 Å². The second-order valence-corrected chi connectivity index (χ2v) is 6.97. The van der Waals surface area contributed by atoms with Crippen LogP contribution in [0.3, 0.4) is 0 Å². The van der Waals surface area contributed by atoms with Crippen molar-refractivity contribution in [2.45, 2.75) is 40.2 Å². The van der Waals surface area contributed by atoms with Crippen LogP contribution in [0.15, 0.2) is 30.3 Å². The van der Waals surface area contributed by atoms with Gasteiger partial charge < -0.3 is 10.2 Å². The number of piperidine rings is 1. The number of rotatable bonds is 4. The van der Waals surface area contributed by atoms with Crippen molar-refractivity contribution in [3.8, 4) is 0 Å². The summed E-state index contributed by atoms with van der Waals surface area (Å²) in [5.41, 5.74) is 3.71. The number of carbonyl (C=O) groups is 1. The van der Waals surface area contributed by atoms with Crippen molar-refractivity contribution in [2.24, 2.45) is 5.92 Å². The minimum absolute atomic E-state index is 0.0105. The lowest BCUT2D eigenvalue weighted by Crippen LogP contribution is -2.38. The number of carbonyl (C=O) groups excluding carboxylic acids is 1. The van der Waals surface area contributed by atoms with E-state index in [2.05, 4.69) is 41.3 Å². The molecule has 0 saturated carbocycles. The van der Waals surface area contributed by atoms with Crippen LogP contribution >= 0.6 is 0 Å². The average molecular weight is 338 g/mol.